The zero-order valence-electron chi connectivity index (χ0n) is 13.6. The highest BCUT2D eigenvalue weighted by Gasteiger charge is 2.30. The van der Waals surface area contributed by atoms with Crippen molar-refractivity contribution in [3.05, 3.63) is 59.2 Å². The standard InChI is InChI=1S/C18H18F3NO2/c1-11-7-8-16(12(2)9-11)22-17(23)13(3)24-15-6-4-5-14(10-15)18(19,20)21/h4-10,13H,1-3H3,(H,22,23). The number of alkyl halides is 3. The van der Waals surface area contributed by atoms with Crippen LogP contribution in [0.5, 0.6) is 5.75 Å². The third-order valence-corrected chi connectivity index (χ3v) is 3.48. The van der Waals surface area contributed by atoms with Gasteiger partial charge in [-0.2, -0.15) is 13.2 Å². The monoisotopic (exact) mass is 337 g/mol. The summed E-state index contributed by atoms with van der Waals surface area (Å²) >= 11 is 0. The summed E-state index contributed by atoms with van der Waals surface area (Å²) in [4.78, 5) is 12.2. The van der Waals surface area contributed by atoms with Crippen molar-refractivity contribution in [3.8, 4) is 5.75 Å². The van der Waals surface area contributed by atoms with Crippen LogP contribution in [-0.4, -0.2) is 12.0 Å². The van der Waals surface area contributed by atoms with E-state index in [0.717, 1.165) is 23.3 Å². The van der Waals surface area contributed by atoms with E-state index in [1.807, 2.05) is 26.0 Å². The molecule has 0 aliphatic rings. The number of benzene rings is 2. The first-order chi connectivity index (χ1) is 11.2. The molecule has 3 nitrogen and oxygen atoms in total. The predicted molar refractivity (Wildman–Crippen MR) is 86.1 cm³/mol. The Morgan fingerprint density at radius 1 is 1.12 bits per heavy atom. The van der Waals surface area contributed by atoms with Crippen molar-refractivity contribution in [2.45, 2.75) is 33.1 Å². The van der Waals surface area contributed by atoms with Crippen molar-refractivity contribution in [3.63, 3.8) is 0 Å². The molecule has 2 aromatic carbocycles. The summed E-state index contributed by atoms with van der Waals surface area (Å²) in [5.41, 5.74) is 1.79. The Morgan fingerprint density at radius 3 is 2.46 bits per heavy atom. The molecule has 1 unspecified atom stereocenters. The molecule has 2 aromatic rings. The number of hydrogen-bond acceptors (Lipinski definition) is 2. The Labute approximate surface area is 138 Å². The van der Waals surface area contributed by atoms with E-state index in [-0.39, 0.29) is 5.75 Å². The van der Waals surface area contributed by atoms with Crippen LogP contribution in [0.2, 0.25) is 0 Å². The Morgan fingerprint density at radius 2 is 1.83 bits per heavy atom. The fourth-order valence-electron chi connectivity index (χ4n) is 2.19. The van der Waals surface area contributed by atoms with Gasteiger partial charge in [0, 0.05) is 5.69 Å². The third-order valence-electron chi connectivity index (χ3n) is 3.48. The van der Waals surface area contributed by atoms with E-state index >= 15 is 0 Å². The number of hydrogen-bond donors (Lipinski definition) is 1. The largest absolute Gasteiger partial charge is 0.481 e. The van der Waals surface area contributed by atoms with Crippen LogP contribution in [0.4, 0.5) is 18.9 Å². The van der Waals surface area contributed by atoms with E-state index in [1.165, 1.54) is 19.1 Å². The van der Waals surface area contributed by atoms with Gasteiger partial charge in [0.25, 0.3) is 5.91 Å². The lowest BCUT2D eigenvalue weighted by atomic mass is 10.1. The molecule has 0 spiro atoms. The quantitative estimate of drug-likeness (QED) is 0.876. The number of carbonyl (C=O) groups excluding carboxylic acids is 1. The molecule has 1 amide bonds. The summed E-state index contributed by atoms with van der Waals surface area (Å²) in [6.45, 7) is 5.29. The average molecular weight is 337 g/mol. The lowest BCUT2D eigenvalue weighted by Gasteiger charge is -2.17. The van der Waals surface area contributed by atoms with Gasteiger partial charge in [-0.05, 0) is 50.6 Å². The molecule has 0 aliphatic carbocycles. The zero-order valence-corrected chi connectivity index (χ0v) is 13.6. The maximum Gasteiger partial charge on any atom is 0.416 e. The summed E-state index contributed by atoms with van der Waals surface area (Å²) < 4.78 is 43.4. The van der Waals surface area contributed by atoms with Crippen LogP contribution in [0.1, 0.15) is 23.6 Å². The van der Waals surface area contributed by atoms with Gasteiger partial charge < -0.3 is 10.1 Å². The van der Waals surface area contributed by atoms with Crippen LogP contribution in [0.25, 0.3) is 0 Å². The number of ether oxygens (including phenoxy) is 1. The van der Waals surface area contributed by atoms with Crippen molar-refractivity contribution >= 4 is 11.6 Å². The second-order valence-corrected chi connectivity index (χ2v) is 5.59. The molecule has 0 aromatic heterocycles. The van der Waals surface area contributed by atoms with Crippen molar-refractivity contribution in [2.75, 3.05) is 5.32 Å². The lowest BCUT2D eigenvalue weighted by molar-refractivity contribution is -0.137. The van der Waals surface area contributed by atoms with Gasteiger partial charge in [0.1, 0.15) is 5.75 Å². The van der Waals surface area contributed by atoms with Crippen LogP contribution in [0, 0.1) is 13.8 Å². The summed E-state index contributed by atoms with van der Waals surface area (Å²) in [7, 11) is 0. The van der Waals surface area contributed by atoms with Crippen LogP contribution in [0.3, 0.4) is 0 Å². The molecule has 0 heterocycles. The minimum Gasteiger partial charge on any atom is -0.481 e. The number of rotatable bonds is 4. The van der Waals surface area contributed by atoms with Gasteiger partial charge in [-0.15, -0.1) is 0 Å². The molecule has 0 saturated heterocycles. The second-order valence-electron chi connectivity index (χ2n) is 5.59. The van der Waals surface area contributed by atoms with E-state index in [9.17, 15) is 18.0 Å². The molecule has 2 rings (SSSR count). The molecular formula is C18H18F3NO2. The van der Waals surface area contributed by atoms with Crippen molar-refractivity contribution in [1.29, 1.82) is 0 Å². The first-order valence-electron chi connectivity index (χ1n) is 7.39. The summed E-state index contributed by atoms with van der Waals surface area (Å²) in [6.07, 6.45) is -5.39. The van der Waals surface area contributed by atoms with Crippen LogP contribution < -0.4 is 10.1 Å². The number of anilines is 1. The minimum atomic E-state index is -4.45. The van der Waals surface area contributed by atoms with E-state index < -0.39 is 23.8 Å². The molecule has 1 N–H and O–H groups in total. The molecule has 0 fully saturated rings. The highest BCUT2D eigenvalue weighted by molar-refractivity contribution is 5.94. The fourth-order valence-corrected chi connectivity index (χ4v) is 2.19. The summed E-state index contributed by atoms with van der Waals surface area (Å²) in [5.74, 6) is -0.438. The fraction of sp³-hybridized carbons (Fsp3) is 0.278. The first-order valence-corrected chi connectivity index (χ1v) is 7.39. The van der Waals surface area contributed by atoms with Crippen molar-refractivity contribution in [1.82, 2.24) is 0 Å². The van der Waals surface area contributed by atoms with Crippen LogP contribution in [0.15, 0.2) is 42.5 Å². The Balaban J connectivity index is 2.06. The molecular weight excluding hydrogens is 319 g/mol. The molecule has 0 saturated carbocycles. The lowest BCUT2D eigenvalue weighted by Crippen LogP contribution is -2.30. The average Bonchev–Trinajstić information content (AvgIpc) is 2.49. The highest BCUT2D eigenvalue weighted by atomic mass is 19.4. The van der Waals surface area contributed by atoms with Gasteiger partial charge in [0.2, 0.25) is 0 Å². The maximum atomic E-state index is 12.7. The van der Waals surface area contributed by atoms with Crippen LogP contribution >= 0.6 is 0 Å². The van der Waals surface area contributed by atoms with Gasteiger partial charge in [-0.3, -0.25) is 4.79 Å². The van der Waals surface area contributed by atoms with Crippen LogP contribution in [-0.2, 0) is 11.0 Å². The number of carbonyl (C=O) groups is 1. The van der Waals surface area contributed by atoms with Gasteiger partial charge in [0.05, 0.1) is 5.56 Å². The smallest absolute Gasteiger partial charge is 0.416 e. The third kappa shape index (κ3) is 4.50. The second kappa shape index (κ2) is 6.95. The Kier molecular flexibility index (Phi) is 5.17. The van der Waals surface area contributed by atoms with E-state index in [2.05, 4.69) is 5.32 Å². The number of aryl methyl sites for hydroxylation is 2. The van der Waals surface area contributed by atoms with E-state index in [1.54, 1.807) is 6.07 Å². The highest BCUT2D eigenvalue weighted by Crippen LogP contribution is 2.31. The van der Waals surface area contributed by atoms with Gasteiger partial charge >= 0.3 is 6.18 Å². The van der Waals surface area contributed by atoms with Gasteiger partial charge in [0.15, 0.2) is 6.10 Å². The maximum absolute atomic E-state index is 12.7. The first kappa shape index (κ1) is 17.8. The summed E-state index contributed by atoms with van der Waals surface area (Å²) in [5, 5.41) is 2.72. The number of halogens is 3. The summed E-state index contributed by atoms with van der Waals surface area (Å²) in [6, 6.07) is 10.0. The molecule has 0 radical (unpaired) electrons. The minimum absolute atomic E-state index is 0.00639. The van der Waals surface area contributed by atoms with Crippen molar-refractivity contribution in [2.24, 2.45) is 0 Å². The van der Waals surface area contributed by atoms with Gasteiger partial charge in [-0.25, -0.2) is 0 Å². The van der Waals surface area contributed by atoms with E-state index in [4.69, 9.17) is 4.74 Å². The predicted octanol–water partition coefficient (Wildman–Crippen LogP) is 4.73. The van der Waals surface area contributed by atoms with Gasteiger partial charge in [-0.1, -0.05) is 23.8 Å². The number of amides is 1. The van der Waals surface area contributed by atoms with E-state index in [0.29, 0.717) is 5.69 Å². The molecule has 6 heteroatoms. The molecule has 24 heavy (non-hydrogen) atoms. The van der Waals surface area contributed by atoms with Crippen molar-refractivity contribution < 1.29 is 22.7 Å². The molecule has 1 atom stereocenters. The molecule has 128 valence electrons. The normalized spacial score (nSPS) is 12.6. The molecule has 0 bridgehead atoms. The topological polar surface area (TPSA) is 38.3 Å². The number of nitrogens with one attached hydrogen (secondary N) is 1. The SMILES string of the molecule is Cc1ccc(NC(=O)C(C)Oc2cccc(C(F)(F)F)c2)c(C)c1. The zero-order chi connectivity index (χ0) is 17.9. The molecule has 0 aliphatic heterocycles. The Hall–Kier alpha value is -2.50. The Bertz CT molecular complexity index is 741.